The van der Waals surface area contributed by atoms with E-state index < -0.39 is 6.89 Å². The van der Waals surface area contributed by atoms with Crippen molar-refractivity contribution < 1.29 is 18.8 Å². The van der Waals surface area contributed by atoms with Gasteiger partial charge in [0.2, 0.25) is 0 Å². The second-order valence-electron chi connectivity index (χ2n) is 4.82. The van der Waals surface area contributed by atoms with Gasteiger partial charge in [-0.25, -0.2) is 0 Å². The third-order valence-electron chi connectivity index (χ3n) is 3.93. The first-order valence-electron chi connectivity index (χ1n) is 5.98. The third kappa shape index (κ3) is 1.02. The van der Waals surface area contributed by atoms with Gasteiger partial charge in [-0.1, -0.05) is 12.1 Å². The van der Waals surface area contributed by atoms with Crippen LogP contribution in [0.25, 0.3) is 0 Å². The number of para-hydroxylation sites is 2. The second-order valence-corrected chi connectivity index (χ2v) is 4.82. The molecule has 0 saturated carbocycles. The highest BCUT2D eigenvalue weighted by Crippen LogP contribution is 2.36. The van der Waals surface area contributed by atoms with Crippen LogP contribution in [0.2, 0.25) is 0 Å². The average molecular weight is 219 g/mol. The Morgan fingerprint density at radius 1 is 1.19 bits per heavy atom. The summed E-state index contributed by atoms with van der Waals surface area (Å²) in [6.45, 7) is 0.258. The predicted molar refractivity (Wildman–Crippen MR) is 58.3 cm³/mol. The van der Waals surface area contributed by atoms with Crippen LogP contribution in [0.5, 0.6) is 11.5 Å². The van der Waals surface area contributed by atoms with Crippen LogP contribution in [0, 0.1) is 0 Å². The molecule has 1 aromatic rings. The lowest BCUT2D eigenvalue weighted by Gasteiger charge is -2.32. The van der Waals surface area contributed by atoms with Crippen LogP contribution in [-0.2, 0) is 4.65 Å². The smallest absolute Gasteiger partial charge is 0.601 e. The molecule has 1 spiro atoms. The lowest BCUT2D eigenvalue weighted by molar-refractivity contribution is -0.817. The predicted octanol–water partition coefficient (Wildman–Crippen LogP) is -0.0291. The summed E-state index contributed by atoms with van der Waals surface area (Å²) in [4.78, 5) is 1.36. The number of nitrogens with one attached hydrogen (secondary N) is 1. The number of fused-ring (bicyclic) bond motifs is 3. The van der Waals surface area contributed by atoms with Crippen molar-refractivity contribution in [2.24, 2.45) is 0 Å². The standard InChI is InChI=1S/C11H14BNO3/c1-2-6-11-10(5-1)15-12(16-11)13-7-3-4-9(13)8-14-12/h1-2,5-6,9,13H,3-4,7-8H2/t9-/m0/s1. The molecule has 3 aliphatic heterocycles. The molecular weight excluding hydrogens is 205 g/mol. The molecule has 5 heteroatoms. The molecule has 84 valence electrons. The van der Waals surface area contributed by atoms with Gasteiger partial charge in [0, 0.05) is 13.0 Å². The number of hydrogen-bond acceptors (Lipinski definition) is 3. The number of quaternary nitrogens is 1. The van der Waals surface area contributed by atoms with Gasteiger partial charge in [-0.2, -0.15) is 0 Å². The first kappa shape index (κ1) is 8.90. The van der Waals surface area contributed by atoms with E-state index in [2.05, 4.69) is 0 Å². The van der Waals surface area contributed by atoms with Crippen molar-refractivity contribution in [2.75, 3.05) is 13.2 Å². The van der Waals surface area contributed by atoms with Crippen molar-refractivity contribution in [3.05, 3.63) is 24.3 Å². The maximum absolute atomic E-state index is 5.95. The zero-order valence-corrected chi connectivity index (χ0v) is 9.02. The summed E-state index contributed by atoms with van der Waals surface area (Å²) in [5, 5.41) is 0. The van der Waals surface area contributed by atoms with Crippen molar-refractivity contribution in [1.29, 1.82) is 0 Å². The molecule has 2 fully saturated rings. The monoisotopic (exact) mass is 219 g/mol. The minimum atomic E-state index is -1.61. The van der Waals surface area contributed by atoms with Crippen LogP contribution in [0.3, 0.4) is 0 Å². The molecule has 2 saturated heterocycles. The molecule has 0 bridgehead atoms. The highest BCUT2D eigenvalue weighted by Gasteiger charge is 2.61. The normalized spacial score (nSPS) is 33.2. The van der Waals surface area contributed by atoms with Crippen LogP contribution in [0.4, 0.5) is 0 Å². The third-order valence-corrected chi connectivity index (χ3v) is 3.93. The molecule has 4 rings (SSSR count). The molecule has 3 heterocycles. The zero-order chi connectivity index (χ0) is 10.6. The SMILES string of the molecule is c1ccc2c(c1)O[B-]1(OC[C@@H]3CCC[NH+]31)O2. The number of benzene rings is 1. The van der Waals surface area contributed by atoms with E-state index in [1.165, 1.54) is 17.7 Å². The summed E-state index contributed by atoms with van der Waals surface area (Å²) in [6.07, 6.45) is 2.47. The molecule has 16 heavy (non-hydrogen) atoms. The number of rotatable bonds is 0. The van der Waals surface area contributed by atoms with E-state index in [1.807, 2.05) is 24.3 Å². The Hall–Kier alpha value is -1.20. The van der Waals surface area contributed by atoms with Gasteiger partial charge in [-0.15, -0.1) is 0 Å². The Kier molecular flexibility index (Phi) is 1.63. The first-order chi connectivity index (χ1) is 7.87. The minimum Gasteiger partial charge on any atom is -0.601 e. The Morgan fingerprint density at radius 2 is 1.94 bits per heavy atom. The highest BCUT2D eigenvalue weighted by atomic mass is 16.8. The fourth-order valence-corrected chi connectivity index (χ4v) is 3.17. The Bertz CT molecular complexity index is 414. The van der Waals surface area contributed by atoms with Gasteiger partial charge in [0.05, 0.1) is 12.6 Å². The highest BCUT2D eigenvalue weighted by molar-refractivity contribution is 6.54. The molecule has 0 radical (unpaired) electrons. The number of hydrogen-bond donors (Lipinski definition) is 1. The van der Waals surface area contributed by atoms with Crippen molar-refractivity contribution in [1.82, 2.24) is 0 Å². The molecule has 1 unspecified atom stereocenters. The zero-order valence-electron chi connectivity index (χ0n) is 9.02. The second kappa shape index (κ2) is 2.93. The van der Waals surface area contributed by atoms with Gasteiger partial charge in [-0.3, -0.25) is 0 Å². The van der Waals surface area contributed by atoms with Crippen molar-refractivity contribution in [3.8, 4) is 11.5 Å². The largest absolute Gasteiger partial charge is 0.739 e. The topological polar surface area (TPSA) is 32.1 Å². The molecule has 1 aromatic carbocycles. The molecule has 1 N–H and O–H groups in total. The van der Waals surface area contributed by atoms with Gasteiger partial charge in [0.25, 0.3) is 0 Å². The van der Waals surface area contributed by atoms with Gasteiger partial charge >= 0.3 is 6.89 Å². The quantitative estimate of drug-likeness (QED) is 0.622. The first-order valence-corrected chi connectivity index (χ1v) is 5.98. The van der Waals surface area contributed by atoms with E-state index in [0.29, 0.717) is 6.04 Å². The maximum atomic E-state index is 5.95. The van der Waals surface area contributed by atoms with E-state index in [1.54, 1.807) is 0 Å². The fourth-order valence-electron chi connectivity index (χ4n) is 3.17. The molecule has 3 aliphatic rings. The van der Waals surface area contributed by atoms with Crippen molar-refractivity contribution in [3.63, 3.8) is 0 Å². The lowest BCUT2D eigenvalue weighted by Crippen LogP contribution is -3.24. The molecule has 0 amide bonds. The van der Waals surface area contributed by atoms with E-state index in [4.69, 9.17) is 14.0 Å². The van der Waals surface area contributed by atoms with E-state index in [9.17, 15) is 0 Å². The minimum absolute atomic E-state index is 0.564. The van der Waals surface area contributed by atoms with Crippen LogP contribution < -0.4 is 14.1 Å². The van der Waals surface area contributed by atoms with Crippen molar-refractivity contribution in [2.45, 2.75) is 18.9 Å². The van der Waals surface area contributed by atoms with Crippen LogP contribution in [0.1, 0.15) is 12.8 Å². The summed E-state index contributed by atoms with van der Waals surface area (Å²) in [6, 6.07) is 8.37. The van der Waals surface area contributed by atoms with Gasteiger partial charge < -0.3 is 18.8 Å². The maximum Gasteiger partial charge on any atom is 0.739 e. The summed E-state index contributed by atoms with van der Waals surface area (Å²) in [5.41, 5.74) is 0. The van der Waals surface area contributed by atoms with Gasteiger partial charge in [0.15, 0.2) is 0 Å². The molecule has 4 nitrogen and oxygen atoms in total. The van der Waals surface area contributed by atoms with Crippen LogP contribution >= 0.6 is 0 Å². The van der Waals surface area contributed by atoms with Crippen LogP contribution in [0.15, 0.2) is 24.3 Å². The average Bonchev–Trinajstić information content (AvgIpc) is 2.96. The van der Waals surface area contributed by atoms with E-state index in [-0.39, 0.29) is 0 Å². The Morgan fingerprint density at radius 3 is 2.69 bits per heavy atom. The Labute approximate surface area is 94.1 Å². The Balaban J connectivity index is 1.72. The summed E-state index contributed by atoms with van der Waals surface area (Å²) >= 11 is 0. The summed E-state index contributed by atoms with van der Waals surface area (Å²) in [7, 11) is 0. The van der Waals surface area contributed by atoms with Crippen molar-refractivity contribution >= 4 is 6.89 Å². The van der Waals surface area contributed by atoms with E-state index in [0.717, 1.165) is 24.7 Å². The summed E-state index contributed by atoms with van der Waals surface area (Å²) in [5.74, 6) is 1.64. The summed E-state index contributed by atoms with van der Waals surface area (Å²) < 4.78 is 17.7. The molecule has 0 aliphatic carbocycles. The van der Waals surface area contributed by atoms with E-state index >= 15 is 0 Å². The molecular formula is C11H14BNO3. The van der Waals surface area contributed by atoms with Gasteiger partial charge in [0.1, 0.15) is 11.5 Å². The van der Waals surface area contributed by atoms with Crippen LogP contribution in [-0.4, -0.2) is 26.1 Å². The van der Waals surface area contributed by atoms with Gasteiger partial charge in [-0.05, 0) is 18.6 Å². The molecule has 0 aromatic heterocycles. The lowest BCUT2D eigenvalue weighted by atomic mass is 9.95. The molecule has 2 atom stereocenters. The fraction of sp³-hybridized carbons (Fsp3) is 0.455.